The van der Waals surface area contributed by atoms with Gasteiger partial charge in [0.1, 0.15) is 6.61 Å². The van der Waals surface area contributed by atoms with E-state index in [0.29, 0.717) is 23.2 Å². The van der Waals surface area contributed by atoms with E-state index in [1.807, 2.05) is 52.8 Å². The number of carbonyl (C=O) groups excluding carboxylic acids is 2. The van der Waals surface area contributed by atoms with Gasteiger partial charge in [0.05, 0.1) is 36.7 Å². The Morgan fingerprint density at radius 1 is 0.860 bits per heavy atom. The van der Waals surface area contributed by atoms with Gasteiger partial charge in [-0.2, -0.15) is 0 Å². The van der Waals surface area contributed by atoms with E-state index in [2.05, 4.69) is 0 Å². The number of para-hydroxylation sites is 1. The molecule has 4 N–H and O–H groups in total. The number of ether oxygens (including phenoxy) is 2. The lowest BCUT2D eigenvalue weighted by atomic mass is 9.84. The maximum absolute atomic E-state index is 13.3. The van der Waals surface area contributed by atoms with E-state index in [4.69, 9.17) is 9.47 Å². The molecule has 1 aromatic carbocycles. The van der Waals surface area contributed by atoms with Crippen LogP contribution in [0.3, 0.4) is 0 Å². The first-order chi connectivity index (χ1) is 20.3. The van der Waals surface area contributed by atoms with Crippen molar-refractivity contribution >= 4 is 17.9 Å². The molecule has 2 aromatic rings. The average Bonchev–Trinajstić information content (AvgIpc) is 3.16. The Bertz CT molecular complexity index is 1220. The fourth-order valence-corrected chi connectivity index (χ4v) is 5.30. The number of aromatic hydroxyl groups is 2. The number of esters is 2. The maximum atomic E-state index is 13.3. The van der Waals surface area contributed by atoms with Crippen LogP contribution in [0.4, 0.5) is 0 Å². The van der Waals surface area contributed by atoms with E-state index in [1.54, 1.807) is 6.92 Å². The molecule has 1 aromatic heterocycles. The van der Waals surface area contributed by atoms with Crippen LogP contribution >= 0.6 is 0 Å². The van der Waals surface area contributed by atoms with Crippen LogP contribution in [0.1, 0.15) is 101 Å². The Hall–Kier alpha value is -3.53. The average molecular weight is 604 g/mol. The zero-order valence-corrected chi connectivity index (χ0v) is 26.6. The SMILES string of the molecule is CCCCOC(=O)C(CC(C)C(=O)O)CC(Cc1c(C)c(O)n(-c2c(C(C)C)cccc2C(C)C)c1O)C(=O)OCCO. The van der Waals surface area contributed by atoms with Gasteiger partial charge < -0.3 is 29.9 Å². The fraction of sp³-hybridized carbons (Fsp3) is 0.606. The first-order valence-electron chi connectivity index (χ1n) is 15.2. The third kappa shape index (κ3) is 8.98. The second-order valence-electron chi connectivity index (χ2n) is 11.9. The number of nitrogens with zero attached hydrogens (tertiary/aromatic N) is 1. The van der Waals surface area contributed by atoms with Gasteiger partial charge in [0.2, 0.25) is 11.8 Å². The number of aliphatic hydroxyl groups excluding tert-OH is 1. The van der Waals surface area contributed by atoms with Crippen molar-refractivity contribution in [3.63, 3.8) is 0 Å². The third-order valence-corrected chi connectivity index (χ3v) is 7.87. The molecule has 3 atom stereocenters. The number of aliphatic carboxylic acids is 1. The molecule has 2 rings (SSSR count). The molecular formula is C33H49NO9. The molecule has 0 aliphatic carbocycles. The predicted molar refractivity (Wildman–Crippen MR) is 163 cm³/mol. The summed E-state index contributed by atoms with van der Waals surface area (Å²) in [5.74, 6) is -5.43. The van der Waals surface area contributed by atoms with Crippen LogP contribution in [0.5, 0.6) is 11.8 Å². The number of rotatable bonds is 17. The van der Waals surface area contributed by atoms with E-state index in [-0.39, 0.29) is 56.1 Å². The number of carbonyl (C=O) groups is 3. The summed E-state index contributed by atoms with van der Waals surface area (Å²) in [6.45, 7) is 12.7. The van der Waals surface area contributed by atoms with Crippen LogP contribution in [0.15, 0.2) is 18.2 Å². The predicted octanol–water partition coefficient (Wildman–Crippen LogP) is 5.60. The molecule has 0 fully saturated rings. The van der Waals surface area contributed by atoms with Crippen LogP contribution in [-0.2, 0) is 30.3 Å². The molecule has 0 bridgehead atoms. The van der Waals surface area contributed by atoms with Crippen LogP contribution in [0, 0.1) is 24.7 Å². The number of aliphatic hydroxyl groups is 1. The Labute approximate surface area is 254 Å². The van der Waals surface area contributed by atoms with Crippen molar-refractivity contribution in [2.45, 2.75) is 92.4 Å². The zero-order chi connectivity index (χ0) is 32.4. The molecule has 10 heteroatoms. The third-order valence-electron chi connectivity index (χ3n) is 7.87. The number of hydrogen-bond acceptors (Lipinski definition) is 8. The van der Waals surface area contributed by atoms with E-state index in [1.165, 1.54) is 11.5 Å². The molecule has 1 heterocycles. The van der Waals surface area contributed by atoms with Gasteiger partial charge in [0.25, 0.3) is 0 Å². The highest BCUT2D eigenvalue weighted by Crippen LogP contribution is 2.43. The summed E-state index contributed by atoms with van der Waals surface area (Å²) in [4.78, 5) is 38.0. The van der Waals surface area contributed by atoms with Gasteiger partial charge in [-0.15, -0.1) is 0 Å². The van der Waals surface area contributed by atoms with Gasteiger partial charge in [-0.05, 0) is 55.6 Å². The molecule has 0 spiro atoms. The Morgan fingerprint density at radius 3 is 1.93 bits per heavy atom. The summed E-state index contributed by atoms with van der Waals surface area (Å²) < 4.78 is 12.1. The summed E-state index contributed by atoms with van der Waals surface area (Å²) in [5, 5.41) is 41.7. The molecule has 10 nitrogen and oxygen atoms in total. The highest BCUT2D eigenvalue weighted by Gasteiger charge is 2.35. The largest absolute Gasteiger partial charge is 0.494 e. The maximum Gasteiger partial charge on any atom is 0.309 e. The highest BCUT2D eigenvalue weighted by atomic mass is 16.5. The molecule has 0 amide bonds. The van der Waals surface area contributed by atoms with Crippen molar-refractivity contribution in [2.24, 2.45) is 17.8 Å². The minimum atomic E-state index is -1.08. The standard InChI is InChI=1S/C33H49NO9/c1-8-9-14-42-32(40)23(16-21(6)31(38)39)17-24(33(41)43-15-13-35)18-27-22(7)29(36)34(30(27)37)28-25(19(2)3)11-10-12-26(28)20(4)5/h10-12,19-21,23-24,35-37H,8-9,13-18H2,1-7H3,(H,38,39). The number of benzene rings is 1. The monoisotopic (exact) mass is 603 g/mol. The van der Waals surface area contributed by atoms with Crippen molar-refractivity contribution in [2.75, 3.05) is 19.8 Å². The molecule has 0 saturated carbocycles. The Balaban J connectivity index is 2.62. The van der Waals surface area contributed by atoms with Crippen molar-refractivity contribution in [1.29, 1.82) is 0 Å². The normalized spacial score (nSPS) is 13.6. The summed E-state index contributed by atoms with van der Waals surface area (Å²) >= 11 is 0. The molecule has 3 unspecified atom stereocenters. The van der Waals surface area contributed by atoms with Gasteiger partial charge in [0, 0.05) is 11.1 Å². The summed E-state index contributed by atoms with van der Waals surface area (Å²) in [6.07, 6.45) is 1.20. The number of carboxylic acids is 1. The van der Waals surface area contributed by atoms with Crippen molar-refractivity contribution in [1.82, 2.24) is 4.57 Å². The first kappa shape index (κ1) is 35.7. The minimum absolute atomic E-state index is 0.0548. The van der Waals surface area contributed by atoms with Crippen LogP contribution in [0.25, 0.3) is 5.69 Å². The fourth-order valence-electron chi connectivity index (χ4n) is 5.30. The topological polar surface area (TPSA) is 156 Å². The second kappa shape index (κ2) is 16.4. The van der Waals surface area contributed by atoms with E-state index < -0.39 is 42.3 Å². The van der Waals surface area contributed by atoms with Gasteiger partial charge >= 0.3 is 17.9 Å². The lowest BCUT2D eigenvalue weighted by Crippen LogP contribution is -2.30. The Kier molecular flexibility index (Phi) is 13.6. The molecule has 240 valence electrons. The van der Waals surface area contributed by atoms with Gasteiger partial charge in [-0.3, -0.25) is 19.0 Å². The quantitative estimate of drug-likeness (QED) is 0.134. The van der Waals surface area contributed by atoms with Crippen molar-refractivity contribution < 1.29 is 44.3 Å². The van der Waals surface area contributed by atoms with Crippen molar-refractivity contribution in [3.05, 3.63) is 40.5 Å². The number of hydrogen-bond donors (Lipinski definition) is 4. The van der Waals surface area contributed by atoms with Crippen LogP contribution in [-0.4, -0.2) is 62.7 Å². The molecule has 43 heavy (non-hydrogen) atoms. The highest BCUT2D eigenvalue weighted by molar-refractivity contribution is 5.78. The molecule has 0 aliphatic heterocycles. The van der Waals surface area contributed by atoms with E-state index in [0.717, 1.165) is 17.5 Å². The summed E-state index contributed by atoms with van der Waals surface area (Å²) in [7, 11) is 0. The van der Waals surface area contributed by atoms with Crippen LogP contribution in [0.2, 0.25) is 0 Å². The number of carboxylic acid groups (broad SMARTS) is 1. The lowest BCUT2D eigenvalue weighted by molar-refractivity contribution is -0.154. The van der Waals surface area contributed by atoms with E-state index >= 15 is 0 Å². The smallest absolute Gasteiger partial charge is 0.309 e. The Morgan fingerprint density at radius 2 is 1.42 bits per heavy atom. The molecule has 0 radical (unpaired) electrons. The minimum Gasteiger partial charge on any atom is -0.494 e. The molecule has 0 saturated heterocycles. The molecule has 0 aliphatic rings. The lowest BCUT2D eigenvalue weighted by Gasteiger charge is -2.23. The number of aromatic nitrogens is 1. The van der Waals surface area contributed by atoms with Crippen molar-refractivity contribution in [3.8, 4) is 17.4 Å². The summed E-state index contributed by atoms with van der Waals surface area (Å²) in [5.41, 5.74) is 3.20. The van der Waals surface area contributed by atoms with Gasteiger partial charge in [-0.25, -0.2) is 0 Å². The second-order valence-corrected chi connectivity index (χ2v) is 11.9. The molecular weight excluding hydrogens is 554 g/mol. The number of unbranched alkanes of at least 4 members (excludes halogenated alkanes) is 1. The van der Waals surface area contributed by atoms with Gasteiger partial charge in [0.15, 0.2) is 0 Å². The summed E-state index contributed by atoms with van der Waals surface area (Å²) in [6, 6.07) is 5.85. The van der Waals surface area contributed by atoms with Gasteiger partial charge in [-0.1, -0.05) is 66.2 Å². The zero-order valence-electron chi connectivity index (χ0n) is 26.6. The van der Waals surface area contributed by atoms with Crippen LogP contribution < -0.4 is 0 Å². The first-order valence-corrected chi connectivity index (χ1v) is 15.2. The van der Waals surface area contributed by atoms with E-state index in [9.17, 15) is 34.8 Å².